The number of unbranched alkanes of at least 4 members (excludes halogenated alkanes) is 1. The van der Waals surface area contributed by atoms with Crippen molar-refractivity contribution in [3.05, 3.63) is 46.2 Å². The Kier molecular flexibility index (Phi) is 7.18. The molecule has 0 amide bonds. The number of hydrogen-bond donors (Lipinski definition) is 1. The molecular weight excluding hydrogens is 192 g/mol. The van der Waals surface area contributed by atoms with Crippen LogP contribution in [-0.2, 0) is 0 Å². The van der Waals surface area contributed by atoms with Gasteiger partial charge in [0, 0.05) is 11.6 Å². The SMILES string of the molecule is C=C/C(CCCCN)=C(\C=C/C)[N+](=O)[O-]. The third kappa shape index (κ3) is 5.12. The summed E-state index contributed by atoms with van der Waals surface area (Å²) in [5.41, 5.74) is 6.16. The van der Waals surface area contributed by atoms with Crippen LogP contribution in [-0.4, -0.2) is 11.5 Å². The molecule has 0 spiro atoms. The minimum atomic E-state index is -0.376. The molecule has 0 bridgehead atoms. The first kappa shape index (κ1) is 13.6. The minimum Gasteiger partial charge on any atom is -0.330 e. The Morgan fingerprint density at radius 3 is 2.60 bits per heavy atom. The van der Waals surface area contributed by atoms with Crippen LogP contribution in [0.4, 0.5) is 0 Å². The molecule has 0 rings (SSSR count). The fourth-order valence-electron chi connectivity index (χ4n) is 1.24. The van der Waals surface area contributed by atoms with Crippen LogP contribution in [0.25, 0.3) is 0 Å². The summed E-state index contributed by atoms with van der Waals surface area (Å²) in [7, 11) is 0. The predicted octanol–water partition coefficient (Wildman–Crippen LogP) is 2.41. The molecule has 0 aromatic heterocycles. The topological polar surface area (TPSA) is 69.2 Å². The quantitative estimate of drug-likeness (QED) is 0.303. The van der Waals surface area contributed by atoms with E-state index in [1.807, 2.05) is 0 Å². The van der Waals surface area contributed by atoms with Gasteiger partial charge in [-0.15, -0.1) is 0 Å². The molecule has 0 atom stereocenters. The molecule has 0 saturated carbocycles. The maximum atomic E-state index is 10.7. The van der Waals surface area contributed by atoms with Gasteiger partial charge in [0.15, 0.2) is 0 Å². The lowest BCUT2D eigenvalue weighted by molar-refractivity contribution is -0.420. The van der Waals surface area contributed by atoms with Gasteiger partial charge in [0.05, 0.1) is 4.92 Å². The summed E-state index contributed by atoms with van der Waals surface area (Å²) < 4.78 is 0. The van der Waals surface area contributed by atoms with E-state index in [1.165, 1.54) is 6.08 Å². The first-order chi connectivity index (χ1) is 7.17. The summed E-state index contributed by atoms with van der Waals surface area (Å²) in [5, 5.41) is 10.7. The van der Waals surface area contributed by atoms with Gasteiger partial charge >= 0.3 is 0 Å². The Labute approximate surface area is 90.3 Å². The average molecular weight is 210 g/mol. The van der Waals surface area contributed by atoms with Crippen molar-refractivity contribution < 1.29 is 4.92 Å². The summed E-state index contributed by atoms with van der Waals surface area (Å²) in [6, 6.07) is 0. The van der Waals surface area contributed by atoms with E-state index in [0.29, 0.717) is 18.5 Å². The van der Waals surface area contributed by atoms with Crippen LogP contribution in [0.3, 0.4) is 0 Å². The molecular formula is C11H18N2O2. The predicted molar refractivity (Wildman–Crippen MR) is 61.9 cm³/mol. The van der Waals surface area contributed by atoms with Crippen molar-refractivity contribution in [3.8, 4) is 0 Å². The highest BCUT2D eigenvalue weighted by Crippen LogP contribution is 2.15. The van der Waals surface area contributed by atoms with E-state index in [4.69, 9.17) is 5.73 Å². The fourth-order valence-corrected chi connectivity index (χ4v) is 1.24. The highest BCUT2D eigenvalue weighted by molar-refractivity contribution is 5.27. The maximum Gasteiger partial charge on any atom is 0.272 e. The molecule has 0 aliphatic rings. The van der Waals surface area contributed by atoms with Crippen molar-refractivity contribution in [2.75, 3.05) is 6.54 Å². The molecule has 2 N–H and O–H groups in total. The Morgan fingerprint density at radius 1 is 1.53 bits per heavy atom. The van der Waals surface area contributed by atoms with Gasteiger partial charge in [-0.25, -0.2) is 0 Å². The van der Waals surface area contributed by atoms with Gasteiger partial charge in [-0.05, 0) is 32.7 Å². The van der Waals surface area contributed by atoms with E-state index in [2.05, 4.69) is 6.58 Å². The Morgan fingerprint density at radius 2 is 2.20 bits per heavy atom. The molecule has 0 fully saturated rings. The Hall–Kier alpha value is -1.42. The average Bonchev–Trinajstić information content (AvgIpc) is 2.22. The molecule has 0 aliphatic heterocycles. The van der Waals surface area contributed by atoms with Crippen LogP contribution in [0, 0.1) is 10.1 Å². The first-order valence-corrected chi connectivity index (χ1v) is 5.00. The van der Waals surface area contributed by atoms with Crippen LogP contribution in [0.1, 0.15) is 26.2 Å². The molecule has 0 radical (unpaired) electrons. The molecule has 4 nitrogen and oxygen atoms in total. The molecule has 15 heavy (non-hydrogen) atoms. The summed E-state index contributed by atoms with van der Waals surface area (Å²) in [4.78, 5) is 10.4. The lowest BCUT2D eigenvalue weighted by Gasteiger charge is -2.01. The fraction of sp³-hybridized carbons (Fsp3) is 0.455. The number of allylic oxidation sites excluding steroid dienone is 4. The van der Waals surface area contributed by atoms with Gasteiger partial charge in [0.1, 0.15) is 0 Å². The molecule has 4 heteroatoms. The van der Waals surface area contributed by atoms with Crippen LogP contribution >= 0.6 is 0 Å². The molecule has 0 heterocycles. The molecule has 84 valence electrons. The van der Waals surface area contributed by atoms with Crippen molar-refractivity contribution >= 4 is 0 Å². The lowest BCUT2D eigenvalue weighted by Crippen LogP contribution is -2.02. The van der Waals surface area contributed by atoms with Gasteiger partial charge in [-0.3, -0.25) is 10.1 Å². The zero-order valence-electron chi connectivity index (χ0n) is 9.11. The molecule has 0 saturated heterocycles. The van der Waals surface area contributed by atoms with E-state index in [-0.39, 0.29) is 10.6 Å². The van der Waals surface area contributed by atoms with E-state index in [1.54, 1.807) is 19.1 Å². The lowest BCUT2D eigenvalue weighted by atomic mass is 10.1. The molecule has 0 aromatic carbocycles. The summed E-state index contributed by atoms with van der Waals surface area (Å²) in [6.45, 7) is 5.96. The largest absolute Gasteiger partial charge is 0.330 e. The smallest absolute Gasteiger partial charge is 0.272 e. The first-order valence-electron chi connectivity index (χ1n) is 5.00. The highest BCUT2D eigenvalue weighted by Gasteiger charge is 2.11. The van der Waals surface area contributed by atoms with Crippen LogP contribution in [0.15, 0.2) is 36.1 Å². The van der Waals surface area contributed by atoms with Gasteiger partial charge in [0.2, 0.25) is 0 Å². The van der Waals surface area contributed by atoms with Gasteiger partial charge < -0.3 is 5.73 Å². The van der Waals surface area contributed by atoms with Gasteiger partial charge in [-0.1, -0.05) is 18.7 Å². The van der Waals surface area contributed by atoms with Crippen molar-refractivity contribution in [2.45, 2.75) is 26.2 Å². The van der Waals surface area contributed by atoms with E-state index >= 15 is 0 Å². The zero-order chi connectivity index (χ0) is 11.7. The standard InChI is InChI=1S/C11H18N2O2/c1-3-7-11(13(14)15)10(4-2)8-5-6-9-12/h3-4,7H,2,5-6,8-9,12H2,1H3/b7-3-,11-10-. The van der Waals surface area contributed by atoms with Crippen molar-refractivity contribution in [2.24, 2.45) is 5.73 Å². The summed E-state index contributed by atoms with van der Waals surface area (Å²) in [5.74, 6) is 0. The molecule has 0 unspecified atom stereocenters. The third-order valence-electron chi connectivity index (χ3n) is 2.00. The minimum absolute atomic E-state index is 0.129. The van der Waals surface area contributed by atoms with Crippen molar-refractivity contribution in [1.82, 2.24) is 0 Å². The van der Waals surface area contributed by atoms with E-state index in [0.717, 1.165) is 12.8 Å². The number of nitro groups is 1. The second kappa shape index (κ2) is 7.94. The Balaban J connectivity index is 4.72. The number of nitrogens with zero attached hydrogens (tertiary/aromatic N) is 1. The second-order valence-corrected chi connectivity index (χ2v) is 3.12. The summed E-state index contributed by atoms with van der Waals surface area (Å²) >= 11 is 0. The zero-order valence-corrected chi connectivity index (χ0v) is 9.11. The van der Waals surface area contributed by atoms with Crippen molar-refractivity contribution in [1.29, 1.82) is 0 Å². The van der Waals surface area contributed by atoms with Gasteiger partial charge in [-0.2, -0.15) is 0 Å². The van der Waals surface area contributed by atoms with Crippen LogP contribution in [0.5, 0.6) is 0 Å². The normalized spacial score (nSPS) is 12.7. The second-order valence-electron chi connectivity index (χ2n) is 3.12. The maximum absolute atomic E-state index is 10.7. The Bertz CT molecular complexity index is 280. The van der Waals surface area contributed by atoms with E-state index < -0.39 is 0 Å². The highest BCUT2D eigenvalue weighted by atomic mass is 16.6. The number of hydrogen-bond acceptors (Lipinski definition) is 3. The number of nitrogens with two attached hydrogens (primary N) is 1. The third-order valence-corrected chi connectivity index (χ3v) is 2.00. The monoisotopic (exact) mass is 210 g/mol. The van der Waals surface area contributed by atoms with E-state index in [9.17, 15) is 10.1 Å². The van der Waals surface area contributed by atoms with Gasteiger partial charge in [0.25, 0.3) is 5.70 Å². The molecule has 0 aromatic rings. The molecule has 0 aliphatic carbocycles. The summed E-state index contributed by atoms with van der Waals surface area (Å²) in [6.07, 6.45) is 7.09. The number of rotatable bonds is 7. The van der Waals surface area contributed by atoms with Crippen molar-refractivity contribution in [3.63, 3.8) is 0 Å². The van der Waals surface area contributed by atoms with Crippen LogP contribution < -0.4 is 5.73 Å². The van der Waals surface area contributed by atoms with Crippen LogP contribution in [0.2, 0.25) is 0 Å².